The van der Waals surface area contributed by atoms with Crippen molar-refractivity contribution < 1.29 is 5.11 Å². The molecule has 5 heteroatoms. The largest absolute Gasteiger partial charge is 0.507 e. The van der Waals surface area contributed by atoms with Crippen molar-refractivity contribution in [1.29, 1.82) is 0 Å². The lowest BCUT2D eigenvalue weighted by Gasteiger charge is -2.35. The van der Waals surface area contributed by atoms with E-state index in [0.29, 0.717) is 11.8 Å². The van der Waals surface area contributed by atoms with Crippen LogP contribution in [0.1, 0.15) is 42.5 Å². The molecule has 0 saturated carbocycles. The summed E-state index contributed by atoms with van der Waals surface area (Å²) in [5, 5.41) is 13.3. The molecule has 21 heavy (non-hydrogen) atoms. The van der Waals surface area contributed by atoms with Crippen LogP contribution in [0.2, 0.25) is 0 Å². The Morgan fingerprint density at radius 1 is 1.14 bits per heavy atom. The van der Waals surface area contributed by atoms with E-state index in [1.165, 1.54) is 18.4 Å². The Morgan fingerprint density at radius 2 is 1.67 bits per heavy atom. The minimum atomic E-state index is 0. The van der Waals surface area contributed by atoms with Crippen LogP contribution in [0.3, 0.4) is 0 Å². The standard InChI is InChI=1S/C16H26N2O.2ClH/c1-4-5-15(18-8-6-17-7-9-18)14-10-12(2)16(19)13(3)11-14;;/h10-11,15,17,19H,4-9H2,1-3H3;2*1H/t15-;;/m0../s1. The van der Waals surface area contributed by atoms with Gasteiger partial charge in [-0.2, -0.15) is 0 Å². The summed E-state index contributed by atoms with van der Waals surface area (Å²) < 4.78 is 0. The van der Waals surface area contributed by atoms with E-state index in [1.807, 2.05) is 13.8 Å². The van der Waals surface area contributed by atoms with E-state index in [9.17, 15) is 5.11 Å². The lowest BCUT2D eigenvalue weighted by Crippen LogP contribution is -2.45. The molecule has 0 bridgehead atoms. The smallest absolute Gasteiger partial charge is 0.121 e. The molecule has 0 aromatic heterocycles. The van der Waals surface area contributed by atoms with E-state index >= 15 is 0 Å². The van der Waals surface area contributed by atoms with Gasteiger partial charge in [0.1, 0.15) is 5.75 Å². The van der Waals surface area contributed by atoms with Crippen molar-refractivity contribution in [1.82, 2.24) is 10.2 Å². The summed E-state index contributed by atoms with van der Waals surface area (Å²) in [7, 11) is 0. The number of hydrogen-bond acceptors (Lipinski definition) is 3. The molecule has 3 nitrogen and oxygen atoms in total. The summed E-state index contributed by atoms with van der Waals surface area (Å²) in [6, 6.07) is 4.81. The second-order valence-electron chi connectivity index (χ2n) is 5.59. The number of halogens is 2. The average Bonchev–Trinajstić information content (AvgIpc) is 2.42. The Kier molecular flexibility index (Phi) is 9.30. The van der Waals surface area contributed by atoms with Crippen molar-refractivity contribution in [2.75, 3.05) is 26.2 Å². The van der Waals surface area contributed by atoms with Gasteiger partial charge in [0.2, 0.25) is 0 Å². The van der Waals surface area contributed by atoms with Crippen molar-refractivity contribution in [2.45, 2.75) is 39.7 Å². The molecule has 0 unspecified atom stereocenters. The predicted octanol–water partition coefficient (Wildman–Crippen LogP) is 3.60. The van der Waals surface area contributed by atoms with Gasteiger partial charge in [0.05, 0.1) is 0 Å². The summed E-state index contributed by atoms with van der Waals surface area (Å²) in [6.07, 6.45) is 2.37. The first kappa shape index (κ1) is 20.5. The first-order valence-corrected chi connectivity index (χ1v) is 7.38. The molecule has 1 heterocycles. The number of phenolic OH excluding ortho intramolecular Hbond substituents is 1. The Morgan fingerprint density at radius 3 is 2.14 bits per heavy atom. The molecule has 2 rings (SSSR count). The zero-order chi connectivity index (χ0) is 13.8. The first-order chi connectivity index (χ1) is 9.13. The SMILES string of the molecule is CCC[C@@H](c1cc(C)c(O)c(C)c1)N1CCNCC1.Cl.Cl. The second-order valence-corrected chi connectivity index (χ2v) is 5.59. The normalized spacial score (nSPS) is 16.7. The van der Waals surface area contributed by atoms with Gasteiger partial charge in [-0.25, -0.2) is 0 Å². The maximum atomic E-state index is 9.93. The van der Waals surface area contributed by atoms with Crippen LogP contribution in [0.5, 0.6) is 5.75 Å². The van der Waals surface area contributed by atoms with Gasteiger partial charge in [-0.3, -0.25) is 4.90 Å². The van der Waals surface area contributed by atoms with Crippen LogP contribution in [0.15, 0.2) is 12.1 Å². The lowest BCUT2D eigenvalue weighted by molar-refractivity contribution is 0.164. The zero-order valence-electron chi connectivity index (χ0n) is 13.2. The number of aryl methyl sites for hydroxylation is 2. The Bertz CT molecular complexity index is 411. The maximum absolute atomic E-state index is 9.93. The number of piperazine rings is 1. The van der Waals surface area contributed by atoms with Crippen molar-refractivity contribution in [2.24, 2.45) is 0 Å². The number of nitrogens with one attached hydrogen (secondary N) is 1. The van der Waals surface area contributed by atoms with E-state index in [0.717, 1.165) is 37.3 Å². The van der Waals surface area contributed by atoms with E-state index in [1.54, 1.807) is 0 Å². The van der Waals surface area contributed by atoms with E-state index < -0.39 is 0 Å². The van der Waals surface area contributed by atoms with E-state index in [2.05, 4.69) is 29.3 Å². The van der Waals surface area contributed by atoms with Crippen molar-refractivity contribution in [3.63, 3.8) is 0 Å². The summed E-state index contributed by atoms with van der Waals surface area (Å²) in [5.74, 6) is 0.444. The summed E-state index contributed by atoms with van der Waals surface area (Å²) in [5.41, 5.74) is 3.34. The minimum absolute atomic E-state index is 0. The zero-order valence-corrected chi connectivity index (χ0v) is 14.8. The number of benzene rings is 1. The Labute approximate surface area is 140 Å². The second kappa shape index (κ2) is 9.52. The van der Waals surface area contributed by atoms with Crippen molar-refractivity contribution >= 4 is 24.8 Å². The summed E-state index contributed by atoms with van der Waals surface area (Å²) >= 11 is 0. The maximum Gasteiger partial charge on any atom is 0.121 e. The minimum Gasteiger partial charge on any atom is -0.507 e. The molecular weight excluding hydrogens is 307 g/mol. The van der Waals surface area contributed by atoms with Gasteiger partial charge in [0, 0.05) is 32.2 Å². The Balaban J connectivity index is 0.00000200. The van der Waals surface area contributed by atoms with Gasteiger partial charge in [-0.05, 0) is 37.0 Å². The summed E-state index contributed by atoms with van der Waals surface area (Å²) in [6.45, 7) is 10.6. The number of nitrogens with zero attached hydrogens (tertiary/aromatic N) is 1. The van der Waals surface area contributed by atoms with Crippen LogP contribution < -0.4 is 5.32 Å². The lowest BCUT2D eigenvalue weighted by atomic mass is 9.95. The highest BCUT2D eigenvalue weighted by Crippen LogP contribution is 2.31. The molecule has 1 aromatic carbocycles. The van der Waals surface area contributed by atoms with Crippen LogP contribution in [0.4, 0.5) is 0 Å². The number of phenols is 1. The fourth-order valence-electron chi connectivity index (χ4n) is 3.01. The molecule has 1 aliphatic rings. The molecule has 0 amide bonds. The predicted molar refractivity (Wildman–Crippen MR) is 94.2 cm³/mol. The molecule has 0 spiro atoms. The quantitative estimate of drug-likeness (QED) is 0.883. The molecule has 1 aromatic rings. The first-order valence-electron chi connectivity index (χ1n) is 7.38. The van der Waals surface area contributed by atoms with Crippen molar-refractivity contribution in [3.05, 3.63) is 28.8 Å². The molecule has 0 aliphatic carbocycles. The van der Waals surface area contributed by atoms with Crippen LogP contribution in [0, 0.1) is 13.8 Å². The van der Waals surface area contributed by atoms with Gasteiger partial charge >= 0.3 is 0 Å². The highest BCUT2D eigenvalue weighted by molar-refractivity contribution is 5.85. The third-order valence-electron chi connectivity index (χ3n) is 4.05. The highest BCUT2D eigenvalue weighted by atomic mass is 35.5. The van der Waals surface area contributed by atoms with Crippen LogP contribution in [-0.4, -0.2) is 36.2 Å². The van der Waals surface area contributed by atoms with Crippen molar-refractivity contribution in [3.8, 4) is 5.75 Å². The number of rotatable bonds is 4. The molecule has 1 aliphatic heterocycles. The monoisotopic (exact) mass is 334 g/mol. The van der Waals surface area contributed by atoms with E-state index in [-0.39, 0.29) is 24.8 Å². The highest BCUT2D eigenvalue weighted by Gasteiger charge is 2.22. The van der Waals surface area contributed by atoms with Gasteiger partial charge in [0.25, 0.3) is 0 Å². The summed E-state index contributed by atoms with van der Waals surface area (Å²) in [4.78, 5) is 2.57. The average molecular weight is 335 g/mol. The van der Waals surface area contributed by atoms with Gasteiger partial charge in [-0.1, -0.05) is 25.5 Å². The van der Waals surface area contributed by atoms with E-state index in [4.69, 9.17) is 0 Å². The fraction of sp³-hybridized carbons (Fsp3) is 0.625. The van der Waals surface area contributed by atoms with Gasteiger partial charge in [0.15, 0.2) is 0 Å². The molecule has 0 radical (unpaired) electrons. The van der Waals surface area contributed by atoms with Crippen LogP contribution >= 0.6 is 24.8 Å². The molecule has 1 atom stereocenters. The Hall–Kier alpha value is -0.480. The fourth-order valence-corrected chi connectivity index (χ4v) is 3.01. The van der Waals surface area contributed by atoms with Gasteiger partial charge < -0.3 is 10.4 Å². The number of aromatic hydroxyl groups is 1. The molecule has 1 saturated heterocycles. The van der Waals surface area contributed by atoms with Crippen LogP contribution in [-0.2, 0) is 0 Å². The number of hydrogen-bond donors (Lipinski definition) is 2. The molecular formula is C16H28Cl2N2O. The molecule has 122 valence electrons. The third-order valence-corrected chi connectivity index (χ3v) is 4.05. The van der Waals surface area contributed by atoms with Crippen LogP contribution in [0.25, 0.3) is 0 Å². The van der Waals surface area contributed by atoms with Gasteiger partial charge in [-0.15, -0.1) is 24.8 Å². The molecule has 1 fully saturated rings. The third kappa shape index (κ3) is 5.03. The topological polar surface area (TPSA) is 35.5 Å². The molecule has 2 N–H and O–H groups in total.